The summed E-state index contributed by atoms with van der Waals surface area (Å²) in [7, 11) is 0. The molecule has 0 aromatic heterocycles. The molecule has 20 heavy (non-hydrogen) atoms. The number of hydrogen-bond donors (Lipinski definition) is 4. The van der Waals surface area contributed by atoms with Crippen molar-refractivity contribution in [1.82, 2.24) is 21.3 Å². The lowest BCUT2D eigenvalue weighted by Crippen LogP contribution is -2.46. The van der Waals surface area contributed by atoms with Crippen molar-refractivity contribution in [2.24, 2.45) is 11.8 Å². The summed E-state index contributed by atoms with van der Waals surface area (Å²) in [5, 5.41) is 14.6. The van der Waals surface area contributed by atoms with E-state index in [2.05, 4.69) is 49.0 Å². The van der Waals surface area contributed by atoms with Crippen LogP contribution in [-0.4, -0.2) is 51.4 Å². The molecule has 120 valence electrons. The predicted octanol–water partition coefficient (Wildman–Crippen LogP) is 1.19. The summed E-state index contributed by atoms with van der Waals surface area (Å²) in [6.07, 6.45) is 2.40. The number of rotatable bonds is 2. The molecule has 1 fully saturated rings. The van der Waals surface area contributed by atoms with E-state index in [1.807, 2.05) is 0 Å². The lowest BCUT2D eigenvalue weighted by Gasteiger charge is -2.26. The molecule has 4 nitrogen and oxygen atoms in total. The van der Waals surface area contributed by atoms with Gasteiger partial charge >= 0.3 is 0 Å². The first-order valence-corrected chi connectivity index (χ1v) is 8.49. The highest BCUT2D eigenvalue weighted by molar-refractivity contribution is 4.76. The normalized spacial score (nSPS) is 28.5. The molecule has 0 radical (unpaired) electrons. The van der Waals surface area contributed by atoms with Crippen molar-refractivity contribution in [3.05, 3.63) is 0 Å². The molecule has 2 unspecified atom stereocenters. The molecule has 0 aliphatic carbocycles. The maximum Gasteiger partial charge on any atom is 0.0215 e. The Balaban J connectivity index is 2.37. The van der Waals surface area contributed by atoms with Crippen LogP contribution in [0.15, 0.2) is 0 Å². The minimum atomic E-state index is 0.592. The van der Waals surface area contributed by atoms with Gasteiger partial charge in [0.25, 0.3) is 0 Å². The molecule has 0 spiro atoms. The van der Waals surface area contributed by atoms with Crippen molar-refractivity contribution in [3.8, 4) is 0 Å². The third-order valence-electron chi connectivity index (χ3n) is 4.21. The highest BCUT2D eigenvalue weighted by Gasteiger charge is 2.14. The van der Waals surface area contributed by atoms with Gasteiger partial charge in [-0.05, 0) is 50.9 Å². The van der Waals surface area contributed by atoms with E-state index in [0.717, 1.165) is 39.3 Å². The van der Waals surface area contributed by atoms with Crippen molar-refractivity contribution in [2.75, 3.05) is 39.3 Å². The molecule has 0 aromatic carbocycles. The SMILES string of the molecule is CC(C)C1CNCCCNC(C(C)C)CNCCCN1. The molecule has 1 aliphatic rings. The van der Waals surface area contributed by atoms with Crippen LogP contribution in [0, 0.1) is 11.8 Å². The van der Waals surface area contributed by atoms with Gasteiger partial charge in [-0.3, -0.25) is 0 Å². The van der Waals surface area contributed by atoms with Crippen LogP contribution in [0.5, 0.6) is 0 Å². The molecule has 4 N–H and O–H groups in total. The van der Waals surface area contributed by atoms with E-state index in [1.54, 1.807) is 0 Å². The van der Waals surface area contributed by atoms with E-state index in [-0.39, 0.29) is 0 Å². The molecule has 4 heteroatoms. The van der Waals surface area contributed by atoms with Crippen LogP contribution in [0.4, 0.5) is 0 Å². The van der Waals surface area contributed by atoms with Crippen LogP contribution in [0.3, 0.4) is 0 Å². The van der Waals surface area contributed by atoms with E-state index >= 15 is 0 Å². The Kier molecular flexibility index (Phi) is 9.44. The van der Waals surface area contributed by atoms with Crippen molar-refractivity contribution in [1.29, 1.82) is 0 Å². The summed E-state index contributed by atoms with van der Waals surface area (Å²) < 4.78 is 0. The van der Waals surface area contributed by atoms with Crippen molar-refractivity contribution in [2.45, 2.75) is 52.6 Å². The van der Waals surface area contributed by atoms with E-state index in [4.69, 9.17) is 0 Å². The van der Waals surface area contributed by atoms with E-state index in [1.165, 1.54) is 12.8 Å². The smallest absolute Gasteiger partial charge is 0.0215 e. The zero-order valence-corrected chi connectivity index (χ0v) is 14.0. The minimum absolute atomic E-state index is 0.592. The molecule has 2 atom stereocenters. The molecule has 1 saturated heterocycles. The first-order chi connectivity index (χ1) is 9.61. The van der Waals surface area contributed by atoms with Gasteiger partial charge in [-0.25, -0.2) is 0 Å². The average Bonchev–Trinajstić information content (AvgIpc) is 2.40. The Morgan fingerprint density at radius 1 is 0.650 bits per heavy atom. The quantitative estimate of drug-likeness (QED) is 0.615. The van der Waals surface area contributed by atoms with Crippen LogP contribution in [0.2, 0.25) is 0 Å². The van der Waals surface area contributed by atoms with Crippen molar-refractivity contribution >= 4 is 0 Å². The molecule has 0 amide bonds. The van der Waals surface area contributed by atoms with Crippen LogP contribution < -0.4 is 21.3 Å². The summed E-state index contributed by atoms with van der Waals surface area (Å²) in [6.45, 7) is 15.8. The second-order valence-corrected chi connectivity index (χ2v) is 6.72. The monoisotopic (exact) mass is 284 g/mol. The largest absolute Gasteiger partial charge is 0.315 e. The second kappa shape index (κ2) is 10.6. The Morgan fingerprint density at radius 2 is 1.05 bits per heavy atom. The first-order valence-electron chi connectivity index (χ1n) is 8.49. The van der Waals surface area contributed by atoms with Crippen LogP contribution in [-0.2, 0) is 0 Å². The van der Waals surface area contributed by atoms with Crippen LogP contribution in [0.25, 0.3) is 0 Å². The predicted molar refractivity (Wildman–Crippen MR) is 88.2 cm³/mol. The minimum Gasteiger partial charge on any atom is -0.315 e. The molecule has 0 saturated carbocycles. The Hall–Kier alpha value is -0.160. The second-order valence-electron chi connectivity index (χ2n) is 6.72. The number of nitrogens with one attached hydrogen (secondary N) is 4. The van der Waals surface area contributed by atoms with Gasteiger partial charge in [0.1, 0.15) is 0 Å². The topological polar surface area (TPSA) is 48.1 Å². The molecular weight excluding hydrogens is 248 g/mol. The zero-order chi connectivity index (χ0) is 14.8. The maximum absolute atomic E-state index is 3.69. The van der Waals surface area contributed by atoms with E-state index < -0.39 is 0 Å². The Labute approximate surface area is 125 Å². The van der Waals surface area contributed by atoms with Gasteiger partial charge in [-0.1, -0.05) is 27.7 Å². The molecule has 1 aliphatic heterocycles. The van der Waals surface area contributed by atoms with E-state index in [0.29, 0.717) is 23.9 Å². The van der Waals surface area contributed by atoms with Crippen LogP contribution >= 0.6 is 0 Å². The third-order valence-corrected chi connectivity index (χ3v) is 4.21. The van der Waals surface area contributed by atoms with Crippen molar-refractivity contribution in [3.63, 3.8) is 0 Å². The fraction of sp³-hybridized carbons (Fsp3) is 1.00. The van der Waals surface area contributed by atoms with Gasteiger partial charge in [-0.2, -0.15) is 0 Å². The zero-order valence-electron chi connectivity index (χ0n) is 14.0. The van der Waals surface area contributed by atoms with Gasteiger partial charge in [0, 0.05) is 25.2 Å². The average molecular weight is 284 g/mol. The summed E-state index contributed by atoms with van der Waals surface area (Å²) in [5.41, 5.74) is 0. The highest BCUT2D eigenvalue weighted by atomic mass is 15.0. The lowest BCUT2D eigenvalue weighted by molar-refractivity contribution is 0.350. The third kappa shape index (κ3) is 7.58. The van der Waals surface area contributed by atoms with Gasteiger partial charge < -0.3 is 21.3 Å². The highest BCUT2D eigenvalue weighted by Crippen LogP contribution is 2.02. The molecule has 1 heterocycles. The summed E-state index contributed by atoms with van der Waals surface area (Å²) in [5.74, 6) is 1.37. The summed E-state index contributed by atoms with van der Waals surface area (Å²) in [4.78, 5) is 0. The van der Waals surface area contributed by atoms with E-state index in [9.17, 15) is 0 Å². The standard InChI is InChI=1S/C16H36N4/c1-13(2)15-11-17-7-6-10-20-16(14(3)4)12-18-8-5-9-19-15/h13-20H,5-12H2,1-4H3. The molecule has 1 rings (SSSR count). The molecule has 0 aromatic rings. The van der Waals surface area contributed by atoms with Gasteiger partial charge in [-0.15, -0.1) is 0 Å². The fourth-order valence-electron chi connectivity index (χ4n) is 2.60. The Morgan fingerprint density at radius 3 is 1.40 bits per heavy atom. The Bertz CT molecular complexity index is 191. The lowest BCUT2D eigenvalue weighted by atomic mass is 10.0. The fourth-order valence-corrected chi connectivity index (χ4v) is 2.60. The van der Waals surface area contributed by atoms with Crippen molar-refractivity contribution < 1.29 is 0 Å². The van der Waals surface area contributed by atoms with Gasteiger partial charge in [0.05, 0.1) is 0 Å². The molecular formula is C16H36N4. The van der Waals surface area contributed by atoms with Gasteiger partial charge in [0.15, 0.2) is 0 Å². The molecule has 0 bridgehead atoms. The van der Waals surface area contributed by atoms with Crippen LogP contribution in [0.1, 0.15) is 40.5 Å². The van der Waals surface area contributed by atoms with Gasteiger partial charge in [0.2, 0.25) is 0 Å². The summed E-state index contributed by atoms with van der Waals surface area (Å²) in [6, 6.07) is 1.18. The number of hydrogen-bond acceptors (Lipinski definition) is 4. The summed E-state index contributed by atoms with van der Waals surface area (Å²) >= 11 is 0. The first kappa shape index (κ1) is 17.9. The maximum atomic E-state index is 3.69.